The maximum atomic E-state index is 13.7. The predicted octanol–water partition coefficient (Wildman–Crippen LogP) is 5.97. The quantitative estimate of drug-likeness (QED) is 0.709. The van der Waals surface area contributed by atoms with Crippen LogP contribution in [0.1, 0.15) is 68.6 Å². The number of nitrogens with one attached hydrogen (secondary N) is 1. The van der Waals surface area contributed by atoms with E-state index in [2.05, 4.69) is 43.4 Å². The Balaban J connectivity index is 2.02. The number of aryl methyl sites for hydroxylation is 1. The number of ether oxygens (including phenoxy) is 1. The molecule has 1 saturated carbocycles. The lowest BCUT2D eigenvalue weighted by Gasteiger charge is -2.38. The van der Waals surface area contributed by atoms with E-state index in [-0.39, 0.29) is 5.91 Å². The fourth-order valence-corrected chi connectivity index (χ4v) is 4.35. The minimum absolute atomic E-state index is 0.0949. The van der Waals surface area contributed by atoms with Crippen molar-refractivity contribution in [2.24, 2.45) is 0 Å². The first kappa shape index (κ1) is 19.5. The topological polar surface area (TPSA) is 38.3 Å². The molecule has 0 aliphatic heterocycles. The number of methoxy groups -OCH3 is 1. The number of carbonyl (C=O) groups is 1. The van der Waals surface area contributed by atoms with Gasteiger partial charge in [0, 0.05) is 0 Å². The zero-order valence-corrected chi connectivity index (χ0v) is 17.0. The lowest BCUT2D eigenvalue weighted by atomic mass is 9.66. The fourth-order valence-electron chi connectivity index (χ4n) is 4.35. The molecule has 0 bridgehead atoms. The number of carbonyl (C=O) groups excluding carboxylic acids is 1. The van der Waals surface area contributed by atoms with Crippen molar-refractivity contribution in [2.45, 2.75) is 64.2 Å². The normalized spacial score (nSPS) is 16.2. The minimum atomic E-state index is -0.463. The zero-order chi connectivity index (χ0) is 19.4. The van der Waals surface area contributed by atoms with Gasteiger partial charge in [0.25, 0.3) is 0 Å². The van der Waals surface area contributed by atoms with Crippen molar-refractivity contribution < 1.29 is 9.53 Å². The van der Waals surface area contributed by atoms with E-state index in [1.165, 1.54) is 17.5 Å². The molecule has 0 aromatic heterocycles. The van der Waals surface area contributed by atoms with Gasteiger partial charge in [-0.3, -0.25) is 4.79 Å². The summed E-state index contributed by atoms with van der Waals surface area (Å²) in [7, 11) is 1.65. The summed E-state index contributed by atoms with van der Waals surface area (Å²) in [6.07, 6.45) is 5.18. The van der Waals surface area contributed by atoms with E-state index in [1.54, 1.807) is 7.11 Å². The molecule has 144 valence electrons. The summed E-state index contributed by atoms with van der Waals surface area (Å²) in [5.41, 5.74) is 3.88. The highest BCUT2D eigenvalue weighted by atomic mass is 16.5. The van der Waals surface area contributed by atoms with Gasteiger partial charge in [0.1, 0.15) is 5.75 Å². The highest BCUT2D eigenvalue weighted by molar-refractivity contribution is 6.00. The summed E-state index contributed by atoms with van der Waals surface area (Å²) in [5.74, 6) is 1.20. The van der Waals surface area contributed by atoms with Gasteiger partial charge in [-0.2, -0.15) is 0 Å². The average molecular weight is 366 g/mol. The zero-order valence-electron chi connectivity index (χ0n) is 17.0. The molecule has 0 radical (unpaired) electrons. The maximum absolute atomic E-state index is 13.7. The van der Waals surface area contributed by atoms with E-state index in [4.69, 9.17) is 4.74 Å². The average Bonchev–Trinajstić information content (AvgIpc) is 2.69. The van der Waals surface area contributed by atoms with Crippen LogP contribution in [0.3, 0.4) is 0 Å². The SMILES string of the molecule is COc1cc(C)ccc1NC(=O)C1(c2ccccc2C(C)C)CCCCC1. The molecular formula is C24H31NO2. The van der Waals surface area contributed by atoms with E-state index < -0.39 is 5.41 Å². The van der Waals surface area contributed by atoms with Crippen molar-refractivity contribution >= 4 is 11.6 Å². The van der Waals surface area contributed by atoms with Gasteiger partial charge in [-0.1, -0.05) is 63.4 Å². The van der Waals surface area contributed by atoms with Crippen LogP contribution in [0.5, 0.6) is 5.75 Å². The van der Waals surface area contributed by atoms with E-state index in [0.29, 0.717) is 11.7 Å². The Morgan fingerprint density at radius 2 is 1.78 bits per heavy atom. The lowest BCUT2D eigenvalue weighted by Crippen LogP contribution is -2.43. The van der Waals surface area contributed by atoms with E-state index >= 15 is 0 Å². The standard InChI is InChI=1S/C24H31NO2/c1-17(2)19-10-6-7-11-20(19)24(14-8-5-9-15-24)23(26)25-21-13-12-18(3)16-22(21)27-4/h6-7,10-13,16-17H,5,8-9,14-15H2,1-4H3,(H,25,26). The number of rotatable bonds is 5. The molecule has 0 atom stereocenters. The molecule has 1 aliphatic carbocycles. The fraction of sp³-hybridized carbons (Fsp3) is 0.458. The van der Waals surface area contributed by atoms with Gasteiger partial charge in [-0.05, 0) is 54.5 Å². The van der Waals surface area contributed by atoms with Crippen LogP contribution in [0, 0.1) is 6.92 Å². The molecular weight excluding hydrogens is 334 g/mol. The minimum Gasteiger partial charge on any atom is -0.495 e. The first-order valence-electron chi connectivity index (χ1n) is 10.0. The van der Waals surface area contributed by atoms with Gasteiger partial charge in [-0.25, -0.2) is 0 Å². The van der Waals surface area contributed by atoms with E-state index in [9.17, 15) is 4.79 Å². The summed E-state index contributed by atoms with van der Waals surface area (Å²) >= 11 is 0. The van der Waals surface area contributed by atoms with Gasteiger partial charge in [0.05, 0.1) is 18.2 Å². The van der Waals surface area contributed by atoms with E-state index in [0.717, 1.165) is 36.9 Å². The number of hydrogen-bond acceptors (Lipinski definition) is 2. The molecule has 0 heterocycles. The third kappa shape index (κ3) is 3.87. The molecule has 3 rings (SSSR count). The highest BCUT2D eigenvalue weighted by Gasteiger charge is 2.42. The van der Waals surface area contributed by atoms with Gasteiger partial charge >= 0.3 is 0 Å². The molecule has 1 N–H and O–H groups in total. The molecule has 1 aliphatic rings. The number of amides is 1. The van der Waals surface area contributed by atoms with Crippen LogP contribution < -0.4 is 10.1 Å². The Hall–Kier alpha value is -2.29. The number of benzene rings is 2. The predicted molar refractivity (Wildman–Crippen MR) is 112 cm³/mol. The smallest absolute Gasteiger partial charge is 0.235 e. The van der Waals surface area contributed by atoms with Crippen LogP contribution in [-0.4, -0.2) is 13.0 Å². The van der Waals surface area contributed by atoms with Gasteiger partial charge in [-0.15, -0.1) is 0 Å². The van der Waals surface area contributed by atoms with Crippen molar-refractivity contribution in [3.63, 3.8) is 0 Å². The molecule has 1 amide bonds. The Kier molecular flexibility index (Phi) is 5.88. The van der Waals surface area contributed by atoms with Crippen molar-refractivity contribution in [2.75, 3.05) is 12.4 Å². The van der Waals surface area contributed by atoms with Gasteiger partial charge < -0.3 is 10.1 Å². The van der Waals surface area contributed by atoms with Crippen molar-refractivity contribution in [3.8, 4) is 5.75 Å². The first-order chi connectivity index (χ1) is 13.0. The Morgan fingerprint density at radius 1 is 1.07 bits per heavy atom. The molecule has 0 spiro atoms. The first-order valence-corrected chi connectivity index (χ1v) is 10.0. The summed E-state index contributed by atoms with van der Waals surface area (Å²) in [5, 5.41) is 3.20. The second kappa shape index (κ2) is 8.16. The van der Waals surface area contributed by atoms with Gasteiger partial charge in [0.2, 0.25) is 5.91 Å². The Bertz CT molecular complexity index is 804. The molecule has 1 fully saturated rings. The molecule has 0 unspecified atom stereocenters. The summed E-state index contributed by atoms with van der Waals surface area (Å²) in [4.78, 5) is 13.7. The number of hydrogen-bond donors (Lipinski definition) is 1. The maximum Gasteiger partial charge on any atom is 0.235 e. The van der Waals surface area contributed by atoms with Crippen molar-refractivity contribution in [1.29, 1.82) is 0 Å². The van der Waals surface area contributed by atoms with Crippen molar-refractivity contribution in [1.82, 2.24) is 0 Å². The van der Waals surface area contributed by atoms with Crippen LogP contribution in [0.4, 0.5) is 5.69 Å². The lowest BCUT2D eigenvalue weighted by molar-refractivity contribution is -0.122. The summed E-state index contributed by atoms with van der Waals surface area (Å²) in [6.45, 7) is 6.43. The van der Waals surface area contributed by atoms with Crippen LogP contribution in [0.25, 0.3) is 0 Å². The van der Waals surface area contributed by atoms with Gasteiger partial charge in [0.15, 0.2) is 0 Å². The molecule has 27 heavy (non-hydrogen) atoms. The molecule has 2 aromatic rings. The monoisotopic (exact) mass is 365 g/mol. The van der Waals surface area contributed by atoms with Crippen LogP contribution in [0.2, 0.25) is 0 Å². The van der Waals surface area contributed by atoms with Crippen molar-refractivity contribution in [3.05, 3.63) is 59.2 Å². The summed E-state index contributed by atoms with van der Waals surface area (Å²) < 4.78 is 5.50. The Morgan fingerprint density at radius 3 is 2.44 bits per heavy atom. The second-order valence-corrected chi connectivity index (χ2v) is 8.04. The van der Waals surface area contributed by atoms with E-state index in [1.807, 2.05) is 25.1 Å². The third-order valence-electron chi connectivity index (χ3n) is 5.85. The largest absolute Gasteiger partial charge is 0.495 e. The molecule has 0 saturated heterocycles. The molecule has 3 nitrogen and oxygen atoms in total. The summed E-state index contributed by atoms with van der Waals surface area (Å²) in [6, 6.07) is 14.4. The highest BCUT2D eigenvalue weighted by Crippen LogP contribution is 2.43. The van der Waals surface area contributed by atoms with Crippen LogP contribution in [-0.2, 0) is 10.2 Å². The number of anilines is 1. The second-order valence-electron chi connectivity index (χ2n) is 8.04. The van der Waals surface area contributed by atoms with Crippen LogP contribution in [0.15, 0.2) is 42.5 Å². The van der Waals surface area contributed by atoms with Crippen LogP contribution >= 0.6 is 0 Å². The molecule has 3 heteroatoms. The third-order valence-corrected chi connectivity index (χ3v) is 5.85. The molecule has 2 aromatic carbocycles. The Labute approximate surface area is 163 Å².